The molecule has 3 heterocycles. The molecule has 0 spiro atoms. The predicted octanol–water partition coefficient (Wildman–Crippen LogP) is -0.941. The summed E-state index contributed by atoms with van der Waals surface area (Å²) in [5.41, 5.74) is 5.27. The van der Waals surface area contributed by atoms with Gasteiger partial charge in [0.2, 0.25) is 5.82 Å². The van der Waals surface area contributed by atoms with Gasteiger partial charge in [-0.3, -0.25) is 14.5 Å². The summed E-state index contributed by atoms with van der Waals surface area (Å²) in [4.78, 5) is 3.83. The van der Waals surface area contributed by atoms with Crippen LogP contribution in [0.5, 0.6) is 0 Å². The van der Waals surface area contributed by atoms with E-state index in [-0.39, 0.29) is 18.3 Å². The molecule has 20 heavy (non-hydrogen) atoms. The van der Waals surface area contributed by atoms with Crippen molar-refractivity contribution in [3.8, 4) is 0 Å². The molecule has 0 aliphatic carbocycles. The molecule has 2 aliphatic rings. The van der Waals surface area contributed by atoms with E-state index in [1.54, 1.807) is 0 Å². The highest BCUT2D eigenvalue weighted by atomic mass is 31.2. The molecule has 0 bridgehead atoms. The van der Waals surface area contributed by atoms with Gasteiger partial charge in [0.05, 0.1) is 6.61 Å². The number of nitrogens with zero attached hydrogens (tertiary/aromatic N) is 3. The number of nitrogens with two attached hydrogens (primary N) is 1. The normalized spacial score (nSPS) is 40.5. The van der Waals surface area contributed by atoms with Gasteiger partial charge in [-0.1, -0.05) is 0 Å². The maximum Gasteiger partial charge on any atom is 0.328 e. The van der Waals surface area contributed by atoms with E-state index in [9.17, 15) is 9.67 Å². The van der Waals surface area contributed by atoms with E-state index in [2.05, 4.69) is 10.1 Å². The zero-order valence-electron chi connectivity index (χ0n) is 10.5. The van der Waals surface area contributed by atoms with Gasteiger partial charge in [-0.2, -0.15) is 0 Å². The number of aliphatic hydroxyl groups excluding tert-OH is 1. The van der Waals surface area contributed by atoms with Crippen molar-refractivity contribution in [2.75, 3.05) is 13.3 Å². The van der Waals surface area contributed by atoms with Crippen LogP contribution in [0.3, 0.4) is 0 Å². The Kier molecular flexibility index (Phi) is 3.14. The Morgan fingerprint density at radius 2 is 2.45 bits per heavy atom. The molecule has 2 fully saturated rings. The summed E-state index contributed by atoms with van der Waals surface area (Å²) in [6, 6.07) is 0. The van der Waals surface area contributed by atoms with Gasteiger partial charge in [0.25, 0.3) is 0 Å². The minimum atomic E-state index is -3.16. The molecule has 3 rings (SSSR count). The molecule has 2 saturated heterocycles. The van der Waals surface area contributed by atoms with E-state index in [1.807, 2.05) is 0 Å². The quantitative estimate of drug-likeness (QED) is 0.360. The van der Waals surface area contributed by atoms with Crippen molar-refractivity contribution in [3.63, 3.8) is 0 Å². The molecule has 0 aromatic carbocycles. The second-order valence-corrected chi connectivity index (χ2v) is 6.67. The van der Waals surface area contributed by atoms with Crippen molar-refractivity contribution in [2.24, 2.45) is 5.73 Å². The van der Waals surface area contributed by atoms with E-state index >= 15 is 0 Å². The fourth-order valence-electron chi connectivity index (χ4n) is 2.18. The van der Waals surface area contributed by atoms with Crippen molar-refractivity contribution in [2.45, 2.75) is 24.5 Å². The first-order chi connectivity index (χ1) is 9.37. The monoisotopic (exact) mass is 303 g/mol. The van der Waals surface area contributed by atoms with Gasteiger partial charge in [0.15, 0.2) is 12.1 Å². The third-order valence-electron chi connectivity index (χ3n) is 3.11. The number of nitrogens with one attached hydrogen (secondary N) is 1. The lowest BCUT2D eigenvalue weighted by atomic mass is 10.1. The minimum absolute atomic E-state index is 0.0361. The molecule has 5 atom stereocenters. The Balaban J connectivity index is 1.82. The summed E-state index contributed by atoms with van der Waals surface area (Å²) in [5.74, 6) is -0.250. The Labute approximate surface area is 113 Å². The Morgan fingerprint density at radius 1 is 1.70 bits per heavy atom. The van der Waals surface area contributed by atoms with Crippen molar-refractivity contribution < 1.29 is 23.5 Å². The maximum absolute atomic E-state index is 11.8. The van der Waals surface area contributed by atoms with E-state index in [4.69, 9.17) is 24.9 Å². The van der Waals surface area contributed by atoms with Crippen LogP contribution in [-0.2, 0) is 18.3 Å². The first-order valence-corrected chi connectivity index (χ1v) is 7.86. The SMILES string of the molecule is CP1(=O)OC[C@H]2O[C@@H](n3cnc(C(=N)N)n3)[C@H](O)[C@@H]2O1. The molecule has 110 valence electrons. The molecule has 2 aliphatic heterocycles. The highest BCUT2D eigenvalue weighted by Crippen LogP contribution is 2.52. The van der Waals surface area contributed by atoms with E-state index in [0.717, 1.165) is 0 Å². The lowest BCUT2D eigenvalue weighted by molar-refractivity contribution is -0.0636. The van der Waals surface area contributed by atoms with Gasteiger partial charge in [-0.05, 0) is 0 Å². The molecule has 4 N–H and O–H groups in total. The number of hydrogen-bond acceptors (Lipinski definition) is 8. The first-order valence-electron chi connectivity index (χ1n) is 5.87. The van der Waals surface area contributed by atoms with Gasteiger partial charge in [0.1, 0.15) is 24.6 Å². The number of nitrogen functional groups attached to an aromatic ring is 1. The highest BCUT2D eigenvalue weighted by Gasteiger charge is 2.51. The lowest BCUT2D eigenvalue weighted by Gasteiger charge is -2.29. The van der Waals surface area contributed by atoms with Gasteiger partial charge >= 0.3 is 7.60 Å². The summed E-state index contributed by atoms with van der Waals surface area (Å²) < 4.78 is 28.9. The van der Waals surface area contributed by atoms with Gasteiger partial charge < -0.3 is 20.1 Å². The molecule has 1 aromatic heterocycles. The van der Waals surface area contributed by atoms with Crippen molar-refractivity contribution >= 4 is 13.4 Å². The van der Waals surface area contributed by atoms with Crippen LogP contribution in [0.15, 0.2) is 6.33 Å². The average molecular weight is 303 g/mol. The van der Waals surface area contributed by atoms with E-state index in [1.165, 1.54) is 17.7 Å². The van der Waals surface area contributed by atoms with Gasteiger partial charge in [-0.25, -0.2) is 9.67 Å². The third kappa shape index (κ3) is 2.25. The second-order valence-electron chi connectivity index (χ2n) is 4.65. The molecule has 1 unspecified atom stereocenters. The third-order valence-corrected chi connectivity index (χ3v) is 4.35. The molecular weight excluding hydrogens is 289 g/mol. The Morgan fingerprint density at radius 3 is 3.10 bits per heavy atom. The number of aromatic nitrogens is 3. The van der Waals surface area contributed by atoms with Crippen LogP contribution in [0.4, 0.5) is 0 Å². The van der Waals surface area contributed by atoms with Crippen LogP contribution in [0.25, 0.3) is 0 Å². The summed E-state index contributed by atoms with van der Waals surface area (Å²) in [7, 11) is -3.16. The summed E-state index contributed by atoms with van der Waals surface area (Å²) in [6.45, 7) is 1.41. The zero-order chi connectivity index (χ0) is 14.5. The van der Waals surface area contributed by atoms with Crippen LogP contribution in [0, 0.1) is 5.41 Å². The van der Waals surface area contributed by atoms with Crippen molar-refractivity contribution in [1.29, 1.82) is 5.41 Å². The van der Waals surface area contributed by atoms with Crippen LogP contribution in [0.2, 0.25) is 0 Å². The number of amidine groups is 1. The van der Waals surface area contributed by atoms with Crippen LogP contribution < -0.4 is 5.73 Å². The topological polar surface area (TPSA) is 146 Å². The summed E-state index contributed by atoms with van der Waals surface area (Å²) >= 11 is 0. The largest absolute Gasteiger partial charge is 0.385 e. The Bertz CT molecular complexity index is 591. The van der Waals surface area contributed by atoms with Gasteiger partial charge in [0, 0.05) is 6.66 Å². The van der Waals surface area contributed by atoms with Crippen molar-refractivity contribution in [1.82, 2.24) is 14.8 Å². The highest BCUT2D eigenvalue weighted by molar-refractivity contribution is 7.53. The smallest absolute Gasteiger partial charge is 0.328 e. The van der Waals surface area contributed by atoms with Crippen LogP contribution in [-0.4, -0.2) is 57.3 Å². The van der Waals surface area contributed by atoms with E-state index in [0.29, 0.717) is 0 Å². The summed E-state index contributed by atoms with van der Waals surface area (Å²) in [6.07, 6.45) is -1.92. The Hall–Kier alpha value is -1.32. The fourth-order valence-corrected chi connectivity index (χ4v) is 3.36. The molecule has 1 aromatic rings. The van der Waals surface area contributed by atoms with Crippen LogP contribution >= 0.6 is 7.60 Å². The molecule has 11 heteroatoms. The number of fused-ring (bicyclic) bond motifs is 1. The van der Waals surface area contributed by atoms with Crippen molar-refractivity contribution in [3.05, 3.63) is 12.2 Å². The van der Waals surface area contributed by atoms with Gasteiger partial charge in [-0.15, -0.1) is 5.10 Å². The molecule has 10 nitrogen and oxygen atoms in total. The summed E-state index contributed by atoms with van der Waals surface area (Å²) in [5, 5.41) is 21.4. The second kappa shape index (κ2) is 4.61. The average Bonchev–Trinajstić information content (AvgIpc) is 2.95. The number of hydrogen-bond donors (Lipinski definition) is 3. The standard InChI is InChI=1S/C9H14N5O5P/c1-20(16)17-2-4-6(19-20)5(15)9(18-4)14-3-12-8(13-14)7(10)11/h3-6,9,15H,2H2,1H3,(H3,10,11)/t4-,5-,6-,9-,20?/m1/s1. The number of rotatable bonds is 2. The zero-order valence-corrected chi connectivity index (χ0v) is 11.4. The molecular formula is C9H14N5O5P. The molecule has 0 saturated carbocycles. The van der Waals surface area contributed by atoms with E-state index < -0.39 is 32.1 Å². The number of aliphatic hydroxyl groups is 1. The first kappa shape index (κ1) is 13.7. The van der Waals surface area contributed by atoms with Crippen LogP contribution in [0.1, 0.15) is 12.1 Å². The molecule has 0 radical (unpaired) electrons. The maximum atomic E-state index is 11.8. The fraction of sp³-hybridized carbons (Fsp3) is 0.667. The predicted molar refractivity (Wildman–Crippen MR) is 65.3 cm³/mol. The lowest BCUT2D eigenvalue weighted by Crippen LogP contribution is -2.39. The number of ether oxygens (including phenoxy) is 1. The minimum Gasteiger partial charge on any atom is -0.385 e. The molecule has 0 amide bonds.